The van der Waals surface area contributed by atoms with E-state index in [1.807, 2.05) is 12.1 Å². The summed E-state index contributed by atoms with van der Waals surface area (Å²) in [6.45, 7) is 7.94. The van der Waals surface area contributed by atoms with E-state index in [1.54, 1.807) is 43.3 Å². The van der Waals surface area contributed by atoms with E-state index in [2.05, 4.69) is 36.6 Å². The number of aromatic hydroxyl groups is 2. The van der Waals surface area contributed by atoms with Crippen molar-refractivity contribution in [2.24, 2.45) is 5.10 Å². The van der Waals surface area contributed by atoms with E-state index in [4.69, 9.17) is 0 Å². The maximum atomic E-state index is 12.5. The van der Waals surface area contributed by atoms with Gasteiger partial charge in [0.25, 0.3) is 11.8 Å². The molecule has 0 fully saturated rings. The Bertz CT molecular complexity index is 1190. The number of phenols is 2. The fourth-order valence-electron chi connectivity index (χ4n) is 3.10. The zero-order valence-electron chi connectivity index (χ0n) is 19.0. The van der Waals surface area contributed by atoms with Crippen LogP contribution in [0.3, 0.4) is 0 Å². The molecule has 0 aliphatic rings. The summed E-state index contributed by atoms with van der Waals surface area (Å²) in [5.74, 6) is -0.772. The highest BCUT2D eigenvalue weighted by Gasteiger charge is 2.15. The lowest BCUT2D eigenvalue weighted by molar-refractivity contribution is 0.0954. The molecule has 0 bridgehead atoms. The Morgan fingerprint density at radius 3 is 2.00 bits per heavy atom. The number of amides is 2. The van der Waals surface area contributed by atoms with Crippen molar-refractivity contribution in [3.63, 3.8) is 0 Å². The Balaban J connectivity index is 1.63. The first-order valence-electron chi connectivity index (χ1n) is 10.4. The van der Waals surface area contributed by atoms with Crippen LogP contribution >= 0.6 is 0 Å². The number of hydrogen-bond donors (Lipinski definition) is 4. The maximum absolute atomic E-state index is 12.5. The van der Waals surface area contributed by atoms with Crippen molar-refractivity contribution in [1.29, 1.82) is 0 Å². The first kappa shape index (κ1) is 23.5. The first-order valence-corrected chi connectivity index (χ1v) is 10.4. The summed E-state index contributed by atoms with van der Waals surface area (Å²) in [5.41, 5.74) is 5.66. The highest BCUT2D eigenvalue weighted by Crippen LogP contribution is 2.23. The zero-order valence-corrected chi connectivity index (χ0v) is 19.0. The number of hydrogen-bond acceptors (Lipinski definition) is 5. The number of nitrogens with zero attached hydrogens (tertiary/aromatic N) is 1. The van der Waals surface area contributed by atoms with Gasteiger partial charge in [-0.3, -0.25) is 9.59 Å². The highest BCUT2D eigenvalue weighted by atomic mass is 16.3. The van der Waals surface area contributed by atoms with Crippen molar-refractivity contribution in [2.45, 2.75) is 33.1 Å². The molecular formula is C26H27N3O4. The summed E-state index contributed by atoms with van der Waals surface area (Å²) in [6, 6.07) is 17.9. The molecule has 0 heterocycles. The van der Waals surface area contributed by atoms with Crippen LogP contribution in [0, 0.1) is 0 Å². The predicted octanol–water partition coefficient (Wildman–Crippen LogP) is 4.80. The predicted molar refractivity (Wildman–Crippen MR) is 129 cm³/mol. The van der Waals surface area contributed by atoms with Crippen LogP contribution in [0.1, 0.15) is 59.5 Å². The number of rotatable bonds is 5. The minimum atomic E-state index is -0.454. The average Bonchev–Trinajstić information content (AvgIpc) is 2.78. The second-order valence-corrected chi connectivity index (χ2v) is 8.70. The van der Waals surface area contributed by atoms with E-state index in [0.29, 0.717) is 28.1 Å². The topological polar surface area (TPSA) is 111 Å². The minimum absolute atomic E-state index is 0.0112. The molecule has 0 unspecified atom stereocenters. The Kier molecular flexibility index (Phi) is 6.82. The molecular weight excluding hydrogens is 418 g/mol. The number of nitrogens with one attached hydrogen (secondary N) is 2. The molecule has 0 radical (unpaired) electrons. The van der Waals surface area contributed by atoms with Gasteiger partial charge in [0.15, 0.2) is 0 Å². The zero-order chi connectivity index (χ0) is 24.2. The molecule has 33 heavy (non-hydrogen) atoms. The molecule has 0 saturated heterocycles. The third kappa shape index (κ3) is 5.98. The van der Waals surface area contributed by atoms with E-state index in [9.17, 15) is 19.8 Å². The molecule has 7 nitrogen and oxygen atoms in total. The summed E-state index contributed by atoms with van der Waals surface area (Å²) in [4.78, 5) is 24.9. The van der Waals surface area contributed by atoms with Crippen LogP contribution in [0.4, 0.5) is 5.69 Å². The standard InChI is InChI=1S/C26H27N3O4/c1-16(22-15-21(30)13-14-23(22)31)28-29-25(33)18-7-11-20(12-8-18)27-24(32)17-5-9-19(10-6-17)26(2,3)4/h5-15,30-31H,1-4H3,(H,27,32)(H,29,33)/b28-16-. The largest absolute Gasteiger partial charge is 0.508 e. The summed E-state index contributed by atoms with van der Waals surface area (Å²) < 4.78 is 0. The van der Waals surface area contributed by atoms with Gasteiger partial charge in [-0.25, -0.2) is 5.43 Å². The summed E-state index contributed by atoms with van der Waals surface area (Å²) >= 11 is 0. The van der Waals surface area contributed by atoms with Crippen LogP contribution in [0.5, 0.6) is 11.5 Å². The Hall–Kier alpha value is -4.13. The van der Waals surface area contributed by atoms with Gasteiger partial charge in [0, 0.05) is 22.4 Å². The summed E-state index contributed by atoms with van der Waals surface area (Å²) in [6.07, 6.45) is 0. The molecule has 3 aromatic carbocycles. The van der Waals surface area contributed by atoms with Crippen LogP contribution in [0.2, 0.25) is 0 Å². The summed E-state index contributed by atoms with van der Waals surface area (Å²) in [7, 11) is 0. The lowest BCUT2D eigenvalue weighted by atomic mass is 9.87. The number of benzene rings is 3. The maximum Gasteiger partial charge on any atom is 0.271 e. The molecule has 0 aliphatic heterocycles. The SMILES string of the molecule is C/C(=N/NC(=O)c1ccc(NC(=O)c2ccc(C(C)(C)C)cc2)cc1)c1cc(O)ccc1O. The molecule has 4 N–H and O–H groups in total. The number of carbonyl (C=O) groups is 2. The number of hydrazone groups is 1. The van der Waals surface area contributed by atoms with Crippen LogP contribution < -0.4 is 10.7 Å². The Morgan fingerprint density at radius 1 is 0.818 bits per heavy atom. The molecule has 170 valence electrons. The molecule has 0 aromatic heterocycles. The van der Waals surface area contributed by atoms with Gasteiger partial charge in [-0.1, -0.05) is 32.9 Å². The van der Waals surface area contributed by atoms with Gasteiger partial charge in [0.1, 0.15) is 11.5 Å². The van der Waals surface area contributed by atoms with Crippen molar-refractivity contribution >= 4 is 23.2 Å². The smallest absolute Gasteiger partial charge is 0.271 e. The molecule has 0 aliphatic carbocycles. The third-order valence-corrected chi connectivity index (χ3v) is 5.11. The van der Waals surface area contributed by atoms with Crippen LogP contribution in [0.25, 0.3) is 0 Å². The van der Waals surface area contributed by atoms with Gasteiger partial charge in [-0.05, 0) is 72.5 Å². The van der Waals surface area contributed by atoms with Crippen molar-refractivity contribution in [3.05, 3.63) is 89.0 Å². The van der Waals surface area contributed by atoms with E-state index in [-0.39, 0.29) is 22.8 Å². The lowest BCUT2D eigenvalue weighted by Gasteiger charge is -2.19. The molecule has 2 amide bonds. The number of carbonyl (C=O) groups excluding carboxylic acids is 2. The van der Waals surface area contributed by atoms with Gasteiger partial charge >= 0.3 is 0 Å². The third-order valence-electron chi connectivity index (χ3n) is 5.11. The van der Waals surface area contributed by atoms with E-state index >= 15 is 0 Å². The molecule has 3 aromatic rings. The number of anilines is 1. The molecule has 7 heteroatoms. The van der Waals surface area contributed by atoms with Gasteiger partial charge in [-0.15, -0.1) is 0 Å². The van der Waals surface area contributed by atoms with E-state index in [1.165, 1.54) is 18.2 Å². The molecule has 0 saturated carbocycles. The van der Waals surface area contributed by atoms with Crippen molar-refractivity contribution in [3.8, 4) is 11.5 Å². The Morgan fingerprint density at radius 2 is 1.39 bits per heavy atom. The van der Waals surface area contributed by atoms with Crippen molar-refractivity contribution in [1.82, 2.24) is 5.43 Å². The lowest BCUT2D eigenvalue weighted by Crippen LogP contribution is -2.19. The molecule has 0 atom stereocenters. The van der Waals surface area contributed by atoms with Crippen molar-refractivity contribution in [2.75, 3.05) is 5.32 Å². The monoisotopic (exact) mass is 445 g/mol. The fourth-order valence-corrected chi connectivity index (χ4v) is 3.10. The van der Waals surface area contributed by atoms with Crippen LogP contribution in [-0.4, -0.2) is 27.7 Å². The van der Waals surface area contributed by atoms with Crippen molar-refractivity contribution < 1.29 is 19.8 Å². The van der Waals surface area contributed by atoms with E-state index in [0.717, 1.165) is 5.56 Å². The quantitative estimate of drug-likeness (QED) is 0.257. The Labute approximate surface area is 192 Å². The number of phenolic OH excluding ortho intramolecular Hbond substituents is 2. The van der Waals surface area contributed by atoms with Gasteiger partial charge in [-0.2, -0.15) is 5.10 Å². The first-order chi connectivity index (χ1) is 15.5. The second-order valence-electron chi connectivity index (χ2n) is 8.70. The fraction of sp³-hybridized carbons (Fsp3) is 0.192. The van der Waals surface area contributed by atoms with E-state index < -0.39 is 5.91 Å². The normalized spacial score (nSPS) is 11.7. The molecule has 3 rings (SSSR count). The van der Waals surface area contributed by atoms with Crippen LogP contribution in [0.15, 0.2) is 71.8 Å². The van der Waals surface area contributed by atoms with Crippen LogP contribution in [-0.2, 0) is 5.41 Å². The summed E-state index contributed by atoms with van der Waals surface area (Å²) in [5, 5.41) is 26.2. The highest BCUT2D eigenvalue weighted by molar-refractivity contribution is 6.05. The van der Waals surface area contributed by atoms with Gasteiger partial charge < -0.3 is 15.5 Å². The van der Waals surface area contributed by atoms with Gasteiger partial charge in [0.05, 0.1) is 5.71 Å². The minimum Gasteiger partial charge on any atom is -0.508 e. The average molecular weight is 446 g/mol. The van der Waals surface area contributed by atoms with Gasteiger partial charge in [0.2, 0.25) is 0 Å². The molecule has 0 spiro atoms. The second kappa shape index (κ2) is 9.56.